The Kier molecular flexibility index (Phi) is 7.83. The van der Waals surface area contributed by atoms with Crippen molar-refractivity contribution in [2.45, 2.75) is 46.5 Å². The molecule has 1 aromatic carbocycles. The SMILES string of the molecule is CCCCN(CCCC)CC(=O)Nc1ccc(C)cc1N. The van der Waals surface area contributed by atoms with E-state index in [-0.39, 0.29) is 5.91 Å². The van der Waals surface area contributed by atoms with Crippen LogP contribution in [0, 0.1) is 6.92 Å². The van der Waals surface area contributed by atoms with Crippen molar-refractivity contribution in [3.05, 3.63) is 23.8 Å². The van der Waals surface area contributed by atoms with E-state index in [2.05, 4.69) is 24.1 Å². The number of nitrogen functional groups attached to an aromatic ring is 1. The highest BCUT2D eigenvalue weighted by atomic mass is 16.2. The second-order valence-electron chi connectivity index (χ2n) is 5.62. The number of unbranched alkanes of at least 4 members (excludes halogenated alkanes) is 2. The quantitative estimate of drug-likeness (QED) is 0.685. The Hall–Kier alpha value is -1.55. The van der Waals surface area contributed by atoms with E-state index in [9.17, 15) is 4.79 Å². The summed E-state index contributed by atoms with van der Waals surface area (Å²) in [7, 11) is 0. The van der Waals surface area contributed by atoms with E-state index < -0.39 is 0 Å². The average Bonchev–Trinajstić information content (AvgIpc) is 2.45. The van der Waals surface area contributed by atoms with Crippen LogP contribution in [0.15, 0.2) is 18.2 Å². The van der Waals surface area contributed by atoms with E-state index in [1.165, 1.54) is 0 Å². The smallest absolute Gasteiger partial charge is 0.238 e. The van der Waals surface area contributed by atoms with Gasteiger partial charge in [-0.25, -0.2) is 0 Å². The van der Waals surface area contributed by atoms with Gasteiger partial charge >= 0.3 is 0 Å². The molecule has 0 aliphatic rings. The maximum atomic E-state index is 12.2. The minimum Gasteiger partial charge on any atom is -0.397 e. The van der Waals surface area contributed by atoms with Crippen molar-refractivity contribution >= 4 is 17.3 Å². The summed E-state index contributed by atoms with van der Waals surface area (Å²) in [5.74, 6) is 0.0118. The number of carbonyl (C=O) groups is 1. The normalized spacial score (nSPS) is 10.9. The van der Waals surface area contributed by atoms with E-state index in [1.54, 1.807) is 0 Å². The van der Waals surface area contributed by atoms with Gasteiger partial charge in [-0.2, -0.15) is 0 Å². The molecule has 0 saturated heterocycles. The highest BCUT2D eigenvalue weighted by molar-refractivity contribution is 5.95. The molecule has 1 rings (SSSR count). The molecule has 0 aliphatic carbocycles. The molecule has 4 nitrogen and oxygen atoms in total. The summed E-state index contributed by atoms with van der Waals surface area (Å²) in [6.45, 7) is 8.73. The van der Waals surface area contributed by atoms with Crippen LogP contribution in [0.5, 0.6) is 0 Å². The summed E-state index contributed by atoms with van der Waals surface area (Å²) >= 11 is 0. The highest BCUT2D eigenvalue weighted by Gasteiger charge is 2.11. The van der Waals surface area contributed by atoms with Gasteiger partial charge in [0.15, 0.2) is 0 Å². The first-order valence-electron chi connectivity index (χ1n) is 7.95. The van der Waals surface area contributed by atoms with Crippen molar-refractivity contribution in [2.24, 2.45) is 0 Å². The fraction of sp³-hybridized carbons (Fsp3) is 0.588. The zero-order valence-electron chi connectivity index (χ0n) is 13.6. The van der Waals surface area contributed by atoms with Crippen LogP contribution in [0.3, 0.4) is 0 Å². The fourth-order valence-electron chi connectivity index (χ4n) is 2.22. The largest absolute Gasteiger partial charge is 0.397 e. The molecule has 1 aromatic rings. The van der Waals surface area contributed by atoms with Gasteiger partial charge in [-0.1, -0.05) is 32.8 Å². The Balaban J connectivity index is 2.55. The average molecular weight is 291 g/mol. The van der Waals surface area contributed by atoms with Gasteiger partial charge in [-0.05, 0) is 50.6 Å². The summed E-state index contributed by atoms with van der Waals surface area (Å²) in [4.78, 5) is 14.4. The molecule has 3 N–H and O–H groups in total. The molecule has 0 saturated carbocycles. The van der Waals surface area contributed by atoms with Crippen LogP contribution in [-0.4, -0.2) is 30.4 Å². The number of carbonyl (C=O) groups excluding carboxylic acids is 1. The molecular formula is C17H29N3O. The molecule has 0 atom stereocenters. The Morgan fingerprint density at radius 1 is 1.19 bits per heavy atom. The summed E-state index contributed by atoms with van der Waals surface area (Å²) in [5.41, 5.74) is 8.36. The molecule has 0 heterocycles. The monoisotopic (exact) mass is 291 g/mol. The van der Waals surface area contributed by atoms with Crippen LogP contribution in [0.4, 0.5) is 11.4 Å². The summed E-state index contributed by atoms with van der Waals surface area (Å²) < 4.78 is 0. The Morgan fingerprint density at radius 3 is 2.33 bits per heavy atom. The number of hydrogen-bond acceptors (Lipinski definition) is 3. The lowest BCUT2D eigenvalue weighted by atomic mass is 10.2. The van der Waals surface area contributed by atoms with E-state index in [0.29, 0.717) is 17.9 Å². The molecule has 118 valence electrons. The molecule has 0 aliphatic heterocycles. The lowest BCUT2D eigenvalue weighted by Gasteiger charge is -2.21. The standard InChI is InChI=1S/C17H29N3O/c1-4-6-10-20(11-7-5-2)13-17(21)19-16-9-8-14(3)12-15(16)18/h8-9,12H,4-7,10-11,13,18H2,1-3H3,(H,19,21). The first-order valence-corrected chi connectivity index (χ1v) is 7.95. The van der Waals surface area contributed by atoms with Crippen molar-refractivity contribution in [1.82, 2.24) is 4.90 Å². The van der Waals surface area contributed by atoms with Gasteiger partial charge in [0.2, 0.25) is 5.91 Å². The fourth-order valence-corrected chi connectivity index (χ4v) is 2.22. The van der Waals surface area contributed by atoms with E-state index in [0.717, 1.165) is 44.3 Å². The van der Waals surface area contributed by atoms with Gasteiger partial charge in [0.05, 0.1) is 17.9 Å². The minimum absolute atomic E-state index is 0.0118. The zero-order valence-corrected chi connectivity index (χ0v) is 13.6. The van der Waals surface area contributed by atoms with Crippen LogP contribution < -0.4 is 11.1 Å². The van der Waals surface area contributed by atoms with E-state index in [1.807, 2.05) is 25.1 Å². The van der Waals surface area contributed by atoms with Crippen molar-refractivity contribution in [1.29, 1.82) is 0 Å². The number of rotatable bonds is 9. The summed E-state index contributed by atoms with van der Waals surface area (Å²) in [6.07, 6.45) is 4.55. The van der Waals surface area contributed by atoms with E-state index in [4.69, 9.17) is 5.73 Å². The lowest BCUT2D eigenvalue weighted by molar-refractivity contribution is -0.117. The molecule has 21 heavy (non-hydrogen) atoms. The van der Waals surface area contributed by atoms with Gasteiger partial charge in [-0.15, -0.1) is 0 Å². The predicted molar refractivity (Wildman–Crippen MR) is 90.5 cm³/mol. The number of benzene rings is 1. The van der Waals surface area contributed by atoms with Crippen molar-refractivity contribution in [3.8, 4) is 0 Å². The lowest BCUT2D eigenvalue weighted by Crippen LogP contribution is -2.34. The Morgan fingerprint density at radius 2 is 1.81 bits per heavy atom. The number of amides is 1. The number of hydrogen-bond donors (Lipinski definition) is 2. The molecule has 0 aromatic heterocycles. The molecule has 0 radical (unpaired) electrons. The van der Waals surface area contributed by atoms with E-state index >= 15 is 0 Å². The number of anilines is 2. The van der Waals surface area contributed by atoms with Crippen LogP contribution >= 0.6 is 0 Å². The Bertz CT molecular complexity index is 438. The van der Waals surface area contributed by atoms with Crippen molar-refractivity contribution in [3.63, 3.8) is 0 Å². The first-order chi connectivity index (χ1) is 10.1. The molecule has 0 bridgehead atoms. The van der Waals surface area contributed by atoms with Crippen molar-refractivity contribution in [2.75, 3.05) is 30.7 Å². The topological polar surface area (TPSA) is 58.4 Å². The second kappa shape index (κ2) is 9.40. The van der Waals surface area contributed by atoms with Crippen molar-refractivity contribution < 1.29 is 4.79 Å². The third-order valence-electron chi connectivity index (χ3n) is 3.50. The number of nitrogens with zero attached hydrogens (tertiary/aromatic N) is 1. The summed E-state index contributed by atoms with van der Waals surface area (Å²) in [6, 6.07) is 5.70. The second-order valence-corrected chi connectivity index (χ2v) is 5.62. The maximum Gasteiger partial charge on any atom is 0.238 e. The zero-order chi connectivity index (χ0) is 15.7. The summed E-state index contributed by atoms with van der Waals surface area (Å²) in [5, 5.41) is 2.92. The molecular weight excluding hydrogens is 262 g/mol. The van der Waals surface area contributed by atoms with Gasteiger partial charge in [-0.3, -0.25) is 9.69 Å². The van der Waals surface area contributed by atoms with Crippen LogP contribution in [0.1, 0.15) is 45.1 Å². The Labute approximate surface area is 128 Å². The first kappa shape index (κ1) is 17.5. The third-order valence-corrected chi connectivity index (χ3v) is 3.50. The minimum atomic E-state index is 0.0118. The molecule has 0 spiro atoms. The molecule has 1 amide bonds. The number of nitrogens with one attached hydrogen (secondary N) is 1. The van der Waals surface area contributed by atoms with Crippen LogP contribution in [-0.2, 0) is 4.79 Å². The van der Waals surface area contributed by atoms with Crippen LogP contribution in [0.2, 0.25) is 0 Å². The van der Waals surface area contributed by atoms with Gasteiger partial charge in [0.25, 0.3) is 0 Å². The molecule has 0 unspecified atom stereocenters. The molecule has 4 heteroatoms. The highest BCUT2D eigenvalue weighted by Crippen LogP contribution is 2.19. The van der Waals surface area contributed by atoms with Gasteiger partial charge < -0.3 is 11.1 Å². The number of aryl methyl sites for hydroxylation is 1. The van der Waals surface area contributed by atoms with Crippen LogP contribution in [0.25, 0.3) is 0 Å². The van der Waals surface area contributed by atoms with Gasteiger partial charge in [0.1, 0.15) is 0 Å². The van der Waals surface area contributed by atoms with Gasteiger partial charge in [0, 0.05) is 0 Å². The predicted octanol–water partition coefficient (Wildman–Crippen LogP) is 3.42. The third kappa shape index (κ3) is 6.63. The molecule has 0 fully saturated rings. The maximum absolute atomic E-state index is 12.2. The number of nitrogens with two attached hydrogens (primary N) is 1.